The molecule has 1 N–H and O–H groups in total. The van der Waals surface area contributed by atoms with Crippen molar-refractivity contribution in [2.75, 3.05) is 40.2 Å². The Balaban J connectivity index is 0.000000279. The first-order valence-corrected chi connectivity index (χ1v) is 32.4. The summed E-state index contributed by atoms with van der Waals surface area (Å²) in [6.45, 7) is 15.3. The van der Waals surface area contributed by atoms with Gasteiger partial charge in [-0.2, -0.15) is 52.7 Å². The number of hydrogen-bond acceptors (Lipinski definition) is 9. The lowest BCUT2D eigenvalue weighted by molar-refractivity contribution is -0.368. The third-order valence-corrected chi connectivity index (χ3v) is 18.5. The van der Waals surface area contributed by atoms with Gasteiger partial charge in [-0.25, -0.2) is 0 Å². The van der Waals surface area contributed by atoms with E-state index in [2.05, 4.69) is 15.4 Å². The van der Waals surface area contributed by atoms with E-state index in [-0.39, 0.29) is 34.8 Å². The van der Waals surface area contributed by atoms with Crippen LogP contribution in [-0.2, 0) is 20.3 Å². The molecule has 530 valence electrons. The average Bonchev–Trinajstić information content (AvgIpc) is 1.76. The highest BCUT2D eigenvalue weighted by Crippen LogP contribution is 2.48. The molecule has 6 aromatic carbocycles. The van der Waals surface area contributed by atoms with Gasteiger partial charge < -0.3 is 24.1 Å². The van der Waals surface area contributed by atoms with Crippen LogP contribution in [0.1, 0.15) is 189 Å². The van der Waals surface area contributed by atoms with Crippen LogP contribution < -0.4 is 9.47 Å². The number of aryl methyl sites for hydroxylation is 4. The van der Waals surface area contributed by atoms with Gasteiger partial charge in [-0.15, -0.1) is 0 Å². The number of hydrogen-bond donors (Lipinski definition) is 1. The minimum Gasteiger partial charge on any atom is -0.493 e. The summed E-state index contributed by atoms with van der Waals surface area (Å²) in [6, 6.07) is 34.9. The minimum absolute atomic E-state index is 0.00222. The molecule has 2 heterocycles. The summed E-state index contributed by atoms with van der Waals surface area (Å²) >= 11 is 0. The topological polar surface area (TPSA) is 132 Å². The zero-order valence-electron chi connectivity index (χ0n) is 56.3. The molecule has 0 aromatic heterocycles. The second-order valence-electron chi connectivity index (χ2n) is 24.5. The van der Waals surface area contributed by atoms with Gasteiger partial charge in [-0.05, 0) is 197 Å². The van der Waals surface area contributed by atoms with E-state index in [4.69, 9.17) is 9.47 Å². The second kappa shape index (κ2) is 31.7. The molecule has 0 aliphatic carbocycles. The van der Waals surface area contributed by atoms with Crippen molar-refractivity contribution in [2.24, 2.45) is 0 Å². The smallest absolute Gasteiger partial charge is 0.438 e. The van der Waals surface area contributed by atoms with Gasteiger partial charge in [0.2, 0.25) is 0 Å². The van der Waals surface area contributed by atoms with Crippen molar-refractivity contribution in [3.8, 4) is 35.2 Å². The van der Waals surface area contributed by atoms with Crippen LogP contribution in [0.2, 0.25) is 0 Å². The van der Waals surface area contributed by atoms with Gasteiger partial charge in [-0.3, -0.25) is 29.0 Å². The molecule has 0 bridgehead atoms. The number of methoxy groups -OCH3 is 1. The number of benzene rings is 6. The van der Waals surface area contributed by atoms with Gasteiger partial charge in [0.25, 0.3) is 23.6 Å². The van der Waals surface area contributed by atoms with E-state index in [9.17, 15) is 77.0 Å². The van der Waals surface area contributed by atoms with Gasteiger partial charge in [-0.1, -0.05) is 112 Å². The van der Waals surface area contributed by atoms with Crippen LogP contribution >= 0.6 is 0 Å². The molecule has 23 heteroatoms. The van der Waals surface area contributed by atoms with Crippen LogP contribution in [0.25, 0.3) is 0 Å². The molecular weight excluding hydrogens is 1310 g/mol. The zero-order valence-corrected chi connectivity index (χ0v) is 56.3. The number of carbonyl (C=O) groups is 4. The number of ether oxygens (including phenoxy) is 4. The number of aliphatic hydroxyl groups is 1. The number of unbranched alkanes of at least 4 members (excludes halogenated alkanes) is 4. The second-order valence-corrected chi connectivity index (χ2v) is 24.5. The van der Waals surface area contributed by atoms with Crippen LogP contribution in [0.4, 0.5) is 52.7 Å². The molecule has 4 amide bonds. The van der Waals surface area contributed by atoms with E-state index >= 15 is 0 Å². The van der Waals surface area contributed by atoms with Crippen molar-refractivity contribution in [1.82, 2.24) is 9.80 Å². The van der Waals surface area contributed by atoms with Gasteiger partial charge in [0, 0.05) is 42.2 Å². The van der Waals surface area contributed by atoms with Gasteiger partial charge in [0.1, 0.15) is 18.3 Å². The predicted molar refractivity (Wildman–Crippen MR) is 348 cm³/mol. The standard InChI is InChI=1S/C39H41F6NO5.C37H37F6NO4/c1-6-36(7-2,29-16-15-28(26(3)23-29)19-20-37(38(40,41)42,39(43,44)45)51-25-49-5)30-17-18-33(27(4)24-30)50-22-12-8-11-21-46-34(47)31-13-9-10-14-32(31)35(46)48;1-5-34(6-2,27-15-14-26(24(3)22-27)18-19-35(47,36(38,39)40)37(41,42)43)28-16-17-31(25(4)23-28)48-21-11-7-10-20-44-32(45)29-12-8-9-13-30(29)33(44)46/h9-10,13-18,23-24H,6-8,11-12,21-22,25H2,1-5H3;8-9,12-17,22-23,47H,5-7,10-11,20-21H2,1-4H3. The molecule has 0 spiro atoms. The average molecular weight is 1390 g/mol. The quantitative estimate of drug-likeness (QED) is 0.0196. The van der Waals surface area contributed by atoms with Crippen LogP contribution in [-0.4, -0.2) is 115 Å². The lowest BCUT2D eigenvalue weighted by atomic mass is 9.70. The van der Waals surface area contributed by atoms with E-state index in [0.717, 1.165) is 72.1 Å². The number of alkyl halides is 12. The molecule has 0 radical (unpaired) electrons. The Bertz CT molecular complexity index is 3930. The first-order chi connectivity index (χ1) is 46.6. The van der Waals surface area contributed by atoms with Crippen molar-refractivity contribution < 1.29 is 95.9 Å². The van der Waals surface area contributed by atoms with Gasteiger partial charge in [0.05, 0.1) is 35.5 Å². The Morgan fingerprint density at radius 1 is 0.414 bits per heavy atom. The molecule has 2 aliphatic heterocycles. The van der Waals surface area contributed by atoms with Crippen LogP contribution in [0.15, 0.2) is 121 Å². The molecule has 0 fully saturated rings. The van der Waals surface area contributed by atoms with Gasteiger partial charge >= 0.3 is 35.9 Å². The molecular formula is C76H78F12N2O9. The number of halogens is 12. The third-order valence-electron chi connectivity index (χ3n) is 18.5. The molecule has 8 rings (SSSR count). The van der Waals surface area contributed by atoms with Crippen molar-refractivity contribution in [2.45, 2.75) is 166 Å². The molecule has 6 aromatic rings. The summed E-state index contributed by atoms with van der Waals surface area (Å²) in [7, 11) is 0.915. The van der Waals surface area contributed by atoms with Gasteiger partial charge in [0.15, 0.2) is 0 Å². The molecule has 0 saturated heterocycles. The molecule has 0 saturated carbocycles. The number of fused-ring (bicyclic) bond motifs is 2. The van der Waals surface area contributed by atoms with Crippen LogP contribution in [0.3, 0.4) is 0 Å². The first kappa shape index (κ1) is 77.7. The Morgan fingerprint density at radius 2 is 0.737 bits per heavy atom. The van der Waals surface area contributed by atoms with E-state index < -0.39 is 53.5 Å². The van der Waals surface area contributed by atoms with Crippen LogP contribution in [0, 0.1) is 51.4 Å². The zero-order chi connectivity index (χ0) is 73.1. The molecule has 99 heavy (non-hydrogen) atoms. The summed E-state index contributed by atoms with van der Waals surface area (Å²) in [5.41, 5.74) is -3.01. The maximum Gasteiger partial charge on any atom is 0.438 e. The maximum absolute atomic E-state index is 13.8. The van der Waals surface area contributed by atoms with E-state index in [1.807, 2.05) is 83.9 Å². The molecule has 2 aliphatic rings. The minimum atomic E-state index is -6.02. The predicted octanol–water partition coefficient (Wildman–Crippen LogP) is 17.6. The fraction of sp³-hybridized carbons (Fsp3) is 0.421. The summed E-state index contributed by atoms with van der Waals surface area (Å²) < 4.78 is 182. The first-order valence-electron chi connectivity index (χ1n) is 32.4. The third kappa shape index (κ3) is 16.3. The normalized spacial score (nSPS) is 13.7. The van der Waals surface area contributed by atoms with Crippen molar-refractivity contribution in [3.63, 3.8) is 0 Å². The lowest BCUT2D eigenvalue weighted by Crippen LogP contribution is -2.58. The number of amides is 4. The summed E-state index contributed by atoms with van der Waals surface area (Å²) in [5.74, 6) is 6.69. The highest BCUT2D eigenvalue weighted by atomic mass is 19.4. The fourth-order valence-electron chi connectivity index (χ4n) is 12.5. The summed E-state index contributed by atoms with van der Waals surface area (Å²) in [6.07, 6.45) is -16.9. The van der Waals surface area contributed by atoms with Crippen molar-refractivity contribution in [1.29, 1.82) is 0 Å². The molecule has 11 nitrogen and oxygen atoms in total. The van der Waals surface area contributed by atoms with Crippen molar-refractivity contribution >= 4 is 23.6 Å². The van der Waals surface area contributed by atoms with Crippen molar-refractivity contribution in [3.05, 3.63) is 199 Å². The van der Waals surface area contributed by atoms with Crippen LogP contribution in [0.5, 0.6) is 11.5 Å². The van der Waals surface area contributed by atoms with E-state index in [0.29, 0.717) is 110 Å². The largest absolute Gasteiger partial charge is 0.493 e. The SMILES string of the molecule is CCC(CC)(c1ccc(C#CC(O)(C(F)(F)F)C(F)(F)F)c(C)c1)c1ccc(OCCCCCN2C(=O)c3ccccc3C2=O)c(C)c1.CCC(CC)(c1ccc(C#CC(OCOC)(C(F)(F)F)C(F)(F)F)c(C)c1)c1ccc(OCCCCCN2C(=O)c3ccccc3C2=O)c(C)c1. The lowest BCUT2D eigenvalue weighted by Gasteiger charge is -2.34. The highest BCUT2D eigenvalue weighted by molar-refractivity contribution is 6.22. The number of nitrogens with zero attached hydrogens (tertiary/aromatic N) is 2. The monoisotopic (exact) mass is 1390 g/mol. The van der Waals surface area contributed by atoms with E-state index in [1.54, 1.807) is 86.6 Å². The highest BCUT2D eigenvalue weighted by Gasteiger charge is 2.73. The Hall–Kier alpha value is -8.64. The summed E-state index contributed by atoms with van der Waals surface area (Å²) in [4.78, 5) is 52.8. The Kier molecular flexibility index (Phi) is 24.9. The molecule has 0 atom stereocenters. The number of rotatable bonds is 25. The number of carbonyl (C=O) groups excluding carboxylic acids is 4. The maximum atomic E-state index is 13.8. The summed E-state index contributed by atoms with van der Waals surface area (Å²) in [5, 5.41) is 9.41. The fourth-order valence-corrected chi connectivity index (χ4v) is 12.5. The Morgan fingerprint density at radius 3 is 1.03 bits per heavy atom. The van der Waals surface area contributed by atoms with E-state index in [1.165, 1.54) is 27.9 Å². The Labute approximate surface area is 568 Å². The molecule has 0 unspecified atom stereocenters. The number of imide groups is 2.